The highest BCUT2D eigenvalue weighted by atomic mass is 15.3. The molecule has 134 valence electrons. The van der Waals surface area contributed by atoms with Crippen LogP contribution in [0.1, 0.15) is 61.9 Å². The molecule has 3 heterocycles. The molecule has 1 saturated carbocycles. The molecule has 0 radical (unpaired) electrons. The average Bonchev–Trinajstić information content (AvgIpc) is 3.09. The van der Waals surface area contributed by atoms with Gasteiger partial charge in [0.15, 0.2) is 0 Å². The number of aryl methyl sites for hydroxylation is 2. The zero-order valence-electron chi connectivity index (χ0n) is 16.0. The molecule has 3 heteroatoms. The van der Waals surface area contributed by atoms with Crippen LogP contribution in [0, 0.1) is 6.92 Å². The number of nitrogens with zero attached hydrogens (tertiary/aromatic N) is 3. The standard InChI is InChI=1S/C23H27N3/c1-16-10-5-6-12-19(16)26-17(2)20-18-11-9-15-24-22(18)25(3)21(20)23(26)13-7-4-8-14-23/h5-6,9-12,15,17H,4,7-8,13-14H2,1-3H3/t17-/m0/s1. The summed E-state index contributed by atoms with van der Waals surface area (Å²) in [6.45, 7) is 4.64. The van der Waals surface area contributed by atoms with Crippen molar-refractivity contribution in [1.82, 2.24) is 9.55 Å². The van der Waals surface area contributed by atoms with Gasteiger partial charge in [0.1, 0.15) is 5.65 Å². The highest BCUT2D eigenvalue weighted by Gasteiger charge is 2.52. The molecular weight excluding hydrogens is 318 g/mol. The van der Waals surface area contributed by atoms with Crippen LogP contribution in [-0.2, 0) is 12.6 Å². The van der Waals surface area contributed by atoms with Crippen molar-refractivity contribution >= 4 is 16.7 Å². The summed E-state index contributed by atoms with van der Waals surface area (Å²) in [7, 11) is 2.22. The highest BCUT2D eigenvalue weighted by Crippen LogP contribution is 2.57. The SMILES string of the molecule is Cc1ccccc1N1[C@@H](C)c2c(n(C)c3ncccc23)C12CCCCC2. The monoisotopic (exact) mass is 345 g/mol. The number of fused-ring (bicyclic) bond motifs is 4. The summed E-state index contributed by atoms with van der Waals surface area (Å²) in [4.78, 5) is 7.46. The van der Waals surface area contributed by atoms with Gasteiger partial charge in [0.05, 0.1) is 17.3 Å². The Kier molecular flexibility index (Phi) is 3.43. The van der Waals surface area contributed by atoms with Crippen LogP contribution in [0.4, 0.5) is 5.69 Å². The first-order valence-electron chi connectivity index (χ1n) is 9.94. The Morgan fingerprint density at radius 1 is 1.04 bits per heavy atom. The van der Waals surface area contributed by atoms with Crippen LogP contribution in [0.5, 0.6) is 0 Å². The predicted octanol–water partition coefficient (Wildman–Crippen LogP) is 5.62. The average molecular weight is 345 g/mol. The molecule has 3 aromatic rings. The summed E-state index contributed by atoms with van der Waals surface area (Å²) in [5.41, 5.74) is 7.03. The number of rotatable bonds is 1. The third kappa shape index (κ3) is 1.92. The maximum Gasteiger partial charge on any atom is 0.140 e. The number of pyridine rings is 1. The second-order valence-electron chi connectivity index (χ2n) is 8.12. The van der Waals surface area contributed by atoms with E-state index >= 15 is 0 Å². The van der Waals surface area contributed by atoms with Gasteiger partial charge in [-0.25, -0.2) is 4.98 Å². The van der Waals surface area contributed by atoms with Gasteiger partial charge >= 0.3 is 0 Å². The van der Waals surface area contributed by atoms with E-state index in [1.54, 1.807) is 0 Å². The normalized spacial score (nSPS) is 21.5. The van der Waals surface area contributed by atoms with Gasteiger partial charge in [-0.3, -0.25) is 0 Å². The van der Waals surface area contributed by atoms with E-state index in [1.165, 1.54) is 60.0 Å². The molecule has 1 atom stereocenters. The van der Waals surface area contributed by atoms with Crippen molar-refractivity contribution in [2.24, 2.45) is 7.05 Å². The summed E-state index contributed by atoms with van der Waals surface area (Å²) in [6, 6.07) is 13.6. The van der Waals surface area contributed by atoms with Crippen molar-refractivity contribution in [2.45, 2.75) is 57.5 Å². The maximum absolute atomic E-state index is 4.72. The molecule has 0 N–H and O–H groups in total. The number of para-hydroxylation sites is 1. The Hall–Kier alpha value is -2.29. The molecule has 1 aliphatic heterocycles. The van der Waals surface area contributed by atoms with Crippen LogP contribution in [0.25, 0.3) is 11.0 Å². The zero-order valence-corrected chi connectivity index (χ0v) is 16.0. The Balaban J connectivity index is 1.82. The van der Waals surface area contributed by atoms with Gasteiger partial charge in [-0.05, 0) is 50.5 Å². The Labute approximate surface area is 155 Å². The van der Waals surface area contributed by atoms with E-state index in [1.807, 2.05) is 6.20 Å². The van der Waals surface area contributed by atoms with E-state index in [0.29, 0.717) is 6.04 Å². The quantitative estimate of drug-likeness (QED) is 0.570. The van der Waals surface area contributed by atoms with Gasteiger partial charge in [0.2, 0.25) is 0 Å². The fraction of sp³-hybridized carbons (Fsp3) is 0.435. The minimum Gasteiger partial charge on any atom is -0.353 e. The largest absolute Gasteiger partial charge is 0.353 e. The molecule has 0 saturated heterocycles. The molecule has 0 bridgehead atoms. The fourth-order valence-corrected chi connectivity index (χ4v) is 5.78. The van der Waals surface area contributed by atoms with Crippen LogP contribution >= 0.6 is 0 Å². The molecule has 5 rings (SSSR count). The molecule has 1 spiro atoms. The van der Waals surface area contributed by atoms with E-state index in [9.17, 15) is 0 Å². The van der Waals surface area contributed by atoms with Crippen LogP contribution in [0.15, 0.2) is 42.6 Å². The first-order chi connectivity index (χ1) is 12.6. The number of hydrogen-bond donors (Lipinski definition) is 0. The Morgan fingerprint density at radius 3 is 2.58 bits per heavy atom. The molecule has 1 fully saturated rings. The van der Waals surface area contributed by atoms with Crippen molar-refractivity contribution in [3.05, 3.63) is 59.4 Å². The van der Waals surface area contributed by atoms with Gasteiger partial charge in [0, 0.05) is 29.9 Å². The van der Waals surface area contributed by atoms with Crippen LogP contribution in [0.2, 0.25) is 0 Å². The van der Waals surface area contributed by atoms with Crippen molar-refractivity contribution in [1.29, 1.82) is 0 Å². The summed E-state index contributed by atoms with van der Waals surface area (Å²) in [6.07, 6.45) is 8.38. The van der Waals surface area contributed by atoms with Gasteiger partial charge < -0.3 is 9.47 Å². The lowest BCUT2D eigenvalue weighted by Gasteiger charge is -2.46. The summed E-state index contributed by atoms with van der Waals surface area (Å²) >= 11 is 0. The van der Waals surface area contributed by atoms with Crippen LogP contribution in [-0.4, -0.2) is 9.55 Å². The minimum atomic E-state index is 0.106. The van der Waals surface area contributed by atoms with E-state index < -0.39 is 0 Å². The number of aromatic nitrogens is 2. The van der Waals surface area contributed by atoms with Crippen molar-refractivity contribution in [2.75, 3.05) is 4.90 Å². The molecule has 1 aromatic carbocycles. The first kappa shape index (κ1) is 15.9. The zero-order chi connectivity index (χ0) is 17.9. The number of anilines is 1. The molecule has 26 heavy (non-hydrogen) atoms. The fourth-order valence-electron chi connectivity index (χ4n) is 5.78. The maximum atomic E-state index is 4.72. The molecule has 3 nitrogen and oxygen atoms in total. The third-order valence-corrected chi connectivity index (χ3v) is 6.75. The topological polar surface area (TPSA) is 21.1 Å². The minimum absolute atomic E-state index is 0.106. The summed E-state index contributed by atoms with van der Waals surface area (Å²) < 4.78 is 2.39. The molecular formula is C23H27N3. The lowest BCUT2D eigenvalue weighted by molar-refractivity contribution is 0.273. The van der Waals surface area contributed by atoms with Gasteiger partial charge in [-0.15, -0.1) is 0 Å². The molecule has 0 unspecified atom stereocenters. The van der Waals surface area contributed by atoms with E-state index in [-0.39, 0.29) is 5.54 Å². The van der Waals surface area contributed by atoms with E-state index in [0.717, 1.165) is 5.65 Å². The van der Waals surface area contributed by atoms with E-state index in [4.69, 9.17) is 4.98 Å². The smallest absolute Gasteiger partial charge is 0.140 e. The number of benzene rings is 1. The highest BCUT2D eigenvalue weighted by molar-refractivity contribution is 5.86. The number of hydrogen-bond acceptors (Lipinski definition) is 2. The van der Waals surface area contributed by atoms with Crippen LogP contribution < -0.4 is 4.90 Å². The molecule has 0 amide bonds. The predicted molar refractivity (Wildman–Crippen MR) is 108 cm³/mol. The molecule has 2 aliphatic rings. The van der Waals surface area contributed by atoms with Crippen molar-refractivity contribution < 1.29 is 0 Å². The van der Waals surface area contributed by atoms with Crippen molar-refractivity contribution in [3.63, 3.8) is 0 Å². The van der Waals surface area contributed by atoms with E-state index in [2.05, 4.69) is 66.8 Å². The van der Waals surface area contributed by atoms with Crippen molar-refractivity contribution in [3.8, 4) is 0 Å². The lowest BCUT2D eigenvalue weighted by Crippen LogP contribution is -2.45. The lowest BCUT2D eigenvalue weighted by atomic mass is 9.78. The van der Waals surface area contributed by atoms with Gasteiger partial charge in [-0.1, -0.05) is 37.5 Å². The third-order valence-electron chi connectivity index (χ3n) is 6.75. The summed E-state index contributed by atoms with van der Waals surface area (Å²) in [5, 5.41) is 1.33. The first-order valence-corrected chi connectivity index (χ1v) is 9.94. The second kappa shape index (κ2) is 5.60. The van der Waals surface area contributed by atoms with Gasteiger partial charge in [-0.2, -0.15) is 0 Å². The molecule has 2 aromatic heterocycles. The van der Waals surface area contributed by atoms with Gasteiger partial charge in [0.25, 0.3) is 0 Å². The Bertz CT molecular complexity index is 978. The summed E-state index contributed by atoms with van der Waals surface area (Å²) in [5.74, 6) is 0. The Morgan fingerprint density at radius 2 is 1.81 bits per heavy atom. The molecule has 1 aliphatic carbocycles. The van der Waals surface area contributed by atoms with Crippen LogP contribution in [0.3, 0.4) is 0 Å². The second-order valence-corrected chi connectivity index (χ2v) is 8.12.